The minimum Gasteiger partial charge on any atom is -0.467 e. The van der Waals surface area contributed by atoms with Gasteiger partial charge in [-0.25, -0.2) is 4.99 Å². The quantitative estimate of drug-likeness (QED) is 0.531. The SMILES string of the molecule is CCc1ccc(/C=C2\SC(=Nc3ccccc3)N(Cc3ccco3)C2=O)cc1. The number of benzene rings is 2. The van der Waals surface area contributed by atoms with Gasteiger partial charge in [-0.1, -0.05) is 49.4 Å². The van der Waals surface area contributed by atoms with Gasteiger partial charge in [0.25, 0.3) is 5.91 Å². The average Bonchev–Trinajstić information content (AvgIpc) is 3.34. The fourth-order valence-corrected chi connectivity index (χ4v) is 3.90. The van der Waals surface area contributed by atoms with Crippen LogP contribution in [0.3, 0.4) is 0 Å². The van der Waals surface area contributed by atoms with Crippen LogP contribution in [0.2, 0.25) is 0 Å². The number of carbonyl (C=O) groups excluding carboxylic acids is 1. The van der Waals surface area contributed by atoms with E-state index in [-0.39, 0.29) is 5.91 Å². The monoisotopic (exact) mass is 388 g/mol. The zero-order valence-electron chi connectivity index (χ0n) is 15.5. The Bertz CT molecular complexity index is 1010. The van der Waals surface area contributed by atoms with Crippen LogP contribution in [-0.2, 0) is 17.8 Å². The smallest absolute Gasteiger partial charge is 0.267 e. The number of carbonyl (C=O) groups is 1. The van der Waals surface area contributed by atoms with Gasteiger partial charge in [0.1, 0.15) is 5.76 Å². The van der Waals surface area contributed by atoms with Crippen LogP contribution in [0.25, 0.3) is 6.08 Å². The van der Waals surface area contributed by atoms with Crippen LogP contribution in [0.5, 0.6) is 0 Å². The number of aryl methyl sites for hydroxylation is 1. The molecular weight excluding hydrogens is 368 g/mol. The summed E-state index contributed by atoms with van der Waals surface area (Å²) in [7, 11) is 0. The largest absolute Gasteiger partial charge is 0.467 e. The standard InChI is InChI=1S/C23H20N2O2S/c1-2-17-10-12-18(13-11-17)15-21-22(26)25(16-20-9-6-14-27-20)23(28-21)24-19-7-4-3-5-8-19/h3-15H,2,16H2,1H3/b21-15-,24-23?. The summed E-state index contributed by atoms with van der Waals surface area (Å²) in [4.78, 5) is 20.1. The molecule has 0 spiro atoms. The number of amides is 1. The molecule has 4 nitrogen and oxygen atoms in total. The third-order valence-corrected chi connectivity index (χ3v) is 5.46. The van der Waals surface area contributed by atoms with Crippen LogP contribution < -0.4 is 0 Å². The lowest BCUT2D eigenvalue weighted by atomic mass is 10.1. The van der Waals surface area contributed by atoms with Gasteiger partial charge in [-0.2, -0.15) is 0 Å². The number of nitrogens with zero attached hydrogens (tertiary/aromatic N) is 2. The number of amidine groups is 1. The minimum absolute atomic E-state index is 0.0596. The Hall–Kier alpha value is -3.05. The van der Waals surface area contributed by atoms with Gasteiger partial charge in [0.2, 0.25) is 0 Å². The maximum atomic E-state index is 13.1. The molecule has 1 amide bonds. The van der Waals surface area contributed by atoms with Crippen LogP contribution in [0, 0.1) is 0 Å². The molecule has 140 valence electrons. The molecule has 2 aromatic carbocycles. The van der Waals surface area contributed by atoms with E-state index in [4.69, 9.17) is 9.41 Å². The second-order valence-corrected chi connectivity index (χ2v) is 7.42. The Balaban J connectivity index is 1.66. The predicted octanol–water partition coefficient (Wildman–Crippen LogP) is 5.65. The topological polar surface area (TPSA) is 45.8 Å². The molecule has 0 atom stereocenters. The molecule has 3 aromatic rings. The second-order valence-electron chi connectivity index (χ2n) is 6.41. The summed E-state index contributed by atoms with van der Waals surface area (Å²) in [6.07, 6.45) is 4.54. The maximum Gasteiger partial charge on any atom is 0.267 e. The lowest BCUT2D eigenvalue weighted by molar-refractivity contribution is -0.122. The lowest BCUT2D eigenvalue weighted by Crippen LogP contribution is -2.28. The predicted molar refractivity (Wildman–Crippen MR) is 114 cm³/mol. The van der Waals surface area contributed by atoms with Crippen LogP contribution >= 0.6 is 11.8 Å². The summed E-state index contributed by atoms with van der Waals surface area (Å²) in [6, 6.07) is 21.6. The number of thioether (sulfide) groups is 1. The molecule has 0 N–H and O–H groups in total. The van der Waals surface area contributed by atoms with Crippen molar-refractivity contribution in [3.8, 4) is 0 Å². The number of aliphatic imine (C=N–C) groups is 1. The summed E-state index contributed by atoms with van der Waals surface area (Å²) in [5.41, 5.74) is 3.10. The highest BCUT2D eigenvalue weighted by molar-refractivity contribution is 8.18. The van der Waals surface area contributed by atoms with E-state index in [0.29, 0.717) is 16.6 Å². The fraction of sp³-hybridized carbons (Fsp3) is 0.130. The highest BCUT2D eigenvalue weighted by Gasteiger charge is 2.34. The molecule has 0 unspecified atom stereocenters. The van der Waals surface area contributed by atoms with Gasteiger partial charge >= 0.3 is 0 Å². The van der Waals surface area contributed by atoms with E-state index in [1.165, 1.54) is 17.3 Å². The molecule has 4 rings (SSSR count). The summed E-state index contributed by atoms with van der Waals surface area (Å²) >= 11 is 1.39. The number of para-hydroxylation sites is 1. The average molecular weight is 388 g/mol. The Morgan fingerprint density at radius 1 is 1.04 bits per heavy atom. The first-order valence-corrected chi connectivity index (χ1v) is 10.0. The van der Waals surface area contributed by atoms with Crippen molar-refractivity contribution in [1.29, 1.82) is 0 Å². The van der Waals surface area contributed by atoms with E-state index in [1.54, 1.807) is 11.2 Å². The molecule has 2 heterocycles. The van der Waals surface area contributed by atoms with Gasteiger partial charge in [-0.15, -0.1) is 0 Å². The van der Waals surface area contributed by atoms with Gasteiger partial charge in [0.15, 0.2) is 5.17 Å². The van der Waals surface area contributed by atoms with Crippen LogP contribution in [0.15, 0.2) is 87.3 Å². The first-order valence-electron chi connectivity index (χ1n) is 9.19. The van der Waals surface area contributed by atoms with Crippen molar-refractivity contribution in [3.05, 3.63) is 94.8 Å². The Kier molecular flexibility index (Phi) is 5.44. The van der Waals surface area contributed by atoms with E-state index >= 15 is 0 Å². The highest BCUT2D eigenvalue weighted by Crippen LogP contribution is 2.35. The number of hydrogen-bond acceptors (Lipinski definition) is 4. The number of hydrogen-bond donors (Lipinski definition) is 0. The molecule has 0 radical (unpaired) electrons. The molecule has 0 aliphatic carbocycles. The van der Waals surface area contributed by atoms with E-state index in [1.807, 2.05) is 60.7 Å². The highest BCUT2D eigenvalue weighted by atomic mass is 32.2. The molecule has 0 saturated carbocycles. The zero-order chi connectivity index (χ0) is 19.3. The third-order valence-electron chi connectivity index (χ3n) is 4.45. The Labute approximate surface area is 168 Å². The molecule has 1 aliphatic rings. The van der Waals surface area contributed by atoms with Crippen molar-refractivity contribution in [1.82, 2.24) is 4.90 Å². The van der Waals surface area contributed by atoms with Crippen molar-refractivity contribution in [2.24, 2.45) is 4.99 Å². The summed E-state index contributed by atoms with van der Waals surface area (Å²) < 4.78 is 5.44. The van der Waals surface area contributed by atoms with E-state index < -0.39 is 0 Å². The summed E-state index contributed by atoms with van der Waals surface area (Å²) in [5.74, 6) is 0.666. The van der Waals surface area contributed by atoms with Crippen molar-refractivity contribution >= 4 is 34.6 Å². The van der Waals surface area contributed by atoms with Gasteiger partial charge in [0.05, 0.1) is 23.4 Å². The summed E-state index contributed by atoms with van der Waals surface area (Å²) in [5, 5.41) is 0.657. The number of rotatable bonds is 5. The number of furan rings is 1. The molecule has 1 aromatic heterocycles. The van der Waals surface area contributed by atoms with Crippen molar-refractivity contribution in [2.45, 2.75) is 19.9 Å². The molecule has 1 saturated heterocycles. The molecule has 1 aliphatic heterocycles. The van der Waals surface area contributed by atoms with Gasteiger partial charge < -0.3 is 4.42 Å². The van der Waals surface area contributed by atoms with Gasteiger partial charge in [0, 0.05) is 0 Å². The van der Waals surface area contributed by atoms with E-state index in [9.17, 15) is 4.79 Å². The van der Waals surface area contributed by atoms with E-state index in [0.717, 1.165) is 23.4 Å². The normalized spacial score (nSPS) is 17.0. The van der Waals surface area contributed by atoms with Gasteiger partial charge in [-0.3, -0.25) is 9.69 Å². The van der Waals surface area contributed by atoms with Crippen molar-refractivity contribution < 1.29 is 9.21 Å². The molecule has 1 fully saturated rings. The minimum atomic E-state index is -0.0596. The van der Waals surface area contributed by atoms with Crippen LogP contribution in [0.1, 0.15) is 23.8 Å². The summed E-state index contributed by atoms with van der Waals surface area (Å²) in [6.45, 7) is 2.49. The van der Waals surface area contributed by atoms with Crippen LogP contribution in [0.4, 0.5) is 5.69 Å². The molecule has 0 bridgehead atoms. The van der Waals surface area contributed by atoms with E-state index in [2.05, 4.69) is 19.1 Å². The molecule has 5 heteroatoms. The third kappa shape index (κ3) is 4.10. The first kappa shape index (κ1) is 18.3. The van der Waals surface area contributed by atoms with Crippen LogP contribution in [-0.4, -0.2) is 16.0 Å². The molecule has 28 heavy (non-hydrogen) atoms. The second kappa shape index (κ2) is 8.31. The fourth-order valence-electron chi connectivity index (χ4n) is 2.90. The van der Waals surface area contributed by atoms with Gasteiger partial charge in [-0.05, 0) is 59.7 Å². The first-order chi connectivity index (χ1) is 13.7. The maximum absolute atomic E-state index is 13.1. The lowest BCUT2D eigenvalue weighted by Gasteiger charge is -2.13. The van der Waals surface area contributed by atoms with Crippen molar-refractivity contribution in [3.63, 3.8) is 0 Å². The molecular formula is C23H20N2O2S. The Morgan fingerprint density at radius 3 is 2.50 bits per heavy atom. The zero-order valence-corrected chi connectivity index (χ0v) is 16.4. The van der Waals surface area contributed by atoms with Crippen molar-refractivity contribution in [2.75, 3.05) is 0 Å². The Morgan fingerprint density at radius 2 is 1.82 bits per heavy atom.